The Hall–Kier alpha value is -1.69. The van der Waals surface area contributed by atoms with Crippen molar-refractivity contribution in [1.82, 2.24) is 9.78 Å². The molecule has 0 radical (unpaired) electrons. The predicted molar refractivity (Wildman–Crippen MR) is 62.0 cm³/mol. The van der Waals surface area contributed by atoms with E-state index in [2.05, 4.69) is 5.10 Å². The molecule has 0 atom stereocenters. The smallest absolute Gasteiger partial charge is 0.240 e. The highest BCUT2D eigenvalue weighted by Crippen LogP contribution is 2.14. The number of aryl methyl sites for hydroxylation is 1. The molecule has 0 spiro atoms. The lowest BCUT2D eigenvalue weighted by molar-refractivity contribution is 0.551. The zero-order chi connectivity index (χ0) is 12.5. The molecule has 1 aromatic carbocycles. The normalized spacial score (nSPS) is 11.6. The molecule has 2 aromatic rings. The summed E-state index contributed by atoms with van der Waals surface area (Å²) in [5, 5.41) is 4.15. The van der Waals surface area contributed by atoms with Gasteiger partial charge in [0.1, 0.15) is 5.75 Å². The van der Waals surface area contributed by atoms with Gasteiger partial charge in [-0.1, -0.05) is 18.2 Å². The van der Waals surface area contributed by atoms with Gasteiger partial charge >= 0.3 is 10.2 Å². The largest absolute Gasteiger partial charge is 0.306 e. The minimum absolute atomic E-state index is 0.372. The van der Waals surface area contributed by atoms with Gasteiger partial charge in [-0.2, -0.15) is 13.5 Å². The van der Waals surface area contributed by atoms with Crippen molar-refractivity contribution in [2.45, 2.75) is 12.7 Å². The van der Waals surface area contributed by atoms with E-state index in [1.807, 2.05) is 30.3 Å². The van der Waals surface area contributed by atoms with Gasteiger partial charge in [0.15, 0.2) is 0 Å². The lowest BCUT2D eigenvalue weighted by atomic mass is 10.3. The Morgan fingerprint density at radius 2 is 1.94 bits per heavy atom. The fraction of sp³-hybridized carbons (Fsp3) is 0.182. The summed E-state index contributed by atoms with van der Waals surface area (Å²) >= 11 is 0. The van der Waals surface area contributed by atoms with Gasteiger partial charge in [-0.05, 0) is 19.1 Å². The Morgan fingerprint density at radius 1 is 1.29 bits per heavy atom. The lowest BCUT2D eigenvalue weighted by Gasteiger charge is -1.98. The summed E-state index contributed by atoms with van der Waals surface area (Å²) in [5.74, 6) is -0.633. The van der Waals surface area contributed by atoms with E-state index in [0.29, 0.717) is 11.3 Å². The standard InChI is InChI=1S/C11H11FN2O2S/c1-9-10(8-17(12,15)16)7-14(13-9)11-5-3-2-4-6-11/h2-7H,8H2,1H3. The van der Waals surface area contributed by atoms with Crippen LogP contribution >= 0.6 is 0 Å². The van der Waals surface area contributed by atoms with Gasteiger partial charge < -0.3 is 0 Å². The van der Waals surface area contributed by atoms with Crippen LogP contribution in [0.25, 0.3) is 5.69 Å². The fourth-order valence-corrected chi connectivity index (χ4v) is 2.19. The van der Waals surface area contributed by atoms with Crippen LogP contribution in [0.3, 0.4) is 0 Å². The van der Waals surface area contributed by atoms with E-state index in [1.165, 1.54) is 10.9 Å². The number of rotatable bonds is 3. The second-order valence-electron chi connectivity index (χ2n) is 3.70. The van der Waals surface area contributed by atoms with Crippen molar-refractivity contribution in [2.75, 3.05) is 0 Å². The van der Waals surface area contributed by atoms with Crippen molar-refractivity contribution in [3.05, 3.63) is 47.8 Å². The second kappa shape index (κ2) is 4.29. The maximum atomic E-state index is 12.6. The zero-order valence-corrected chi connectivity index (χ0v) is 9.98. The summed E-state index contributed by atoms with van der Waals surface area (Å²) in [6.07, 6.45) is 1.53. The summed E-state index contributed by atoms with van der Waals surface area (Å²) in [5.41, 5.74) is 1.68. The molecule has 1 aromatic heterocycles. The van der Waals surface area contributed by atoms with E-state index in [4.69, 9.17) is 0 Å². The third-order valence-electron chi connectivity index (χ3n) is 2.35. The summed E-state index contributed by atoms with van der Waals surface area (Å²) < 4.78 is 35.3. The summed E-state index contributed by atoms with van der Waals surface area (Å²) in [6.45, 7) is 1.65. The number of aromatic nitrogens is 2. The maximum Gasteiger partial charge on any atom is 0.306 e. The molecule has 0 saturated heterocycles. The molecule has 0 aliphatic carbocycles. The van der Waals surface area contributed by atoms with Gasteiger partial charge in [-0.25, -0.2) is 4.68 Å². The van der Waals surface area contributed by atoms with Gasteiger partial charge in [0, 0.05) is 11.8 Å². The highest BCUT2D eigenvalue weighted by atomic mass is 32.3. The van der Waals surface area contributed by atoms with Crippen molar-refractivity contribution in [3.8, 4) is 5.69 Å². The van der Waals surface area contributed by atoms with Crippen LogP contribution in [0.1, 0.15) is 11.3 Å². The first kappa shape index (κ1) is 11.8. The molecule has 2 rings (SSSR count). The molecule has 90 valence electrons. The number of hydrogen-bond acceptors (Lipinski definition) is 3. The van der Waals surface area contributed by atoms with E-state index >= 15 is 0 Å². The Kier molecular flexibility index (Phi) is 2.97. The van der Waals surface area contributed by atoms with Crippen LogP contribution in [0.15, 0.2) is 36.5 Å². The van der Waals surface area contributed by atoms with Crippen LogP contribution in [0, 0.1) is 6.92 Å². The average molecular weight is 254 g/mol. The van der Waals surface area contributed by atoms with Crippen molar-refractivity contribution >= 4 is 10.2 Å². The summed E-state index contributed by atoms with van der Waals surface area (Å²) in [4.78, 5) is 0. The van der Waals surface area contributed by atoms with E-state index in [-0.39, 0.29) is 0 Å². The van der Waals surface area contributed by atoms with Gasteiger partial charge in [0.05, 0.1) is 11.4 Å². The Balaban J connectivity index is 2.38. The molecule has 0 aliphatic heterocycles. The molecule has 0 aliphatic rings. The van der Waals surface area contributed by atoms with E-state index in [9.17, 15) is 12.3 Å². The first-order valence-corrected chi connectivity index (χ1v) is 6.54. The van der Waals surface area contributed by atoms with E-state index < -0.39 is 16.0 Å². The minimum Gasteiger partial charge on any atom is -0.240 e. The molecular weight excluding hydrogens is 243 g/mol. The van der Waals surface area contributed by atoms with Crippen LogP contribution in [-0.4, -0.2) is 18.2 Å². The van der Waals surface area contributed by atoms with Crippen LogP contribution in [0.4, 0.5) is 3.89 Å². The molecule has 0 N–H and O–H groups in total. The summed E-state index contributed by atoms with van der Waals surface area (Å²) in [6, 6.07) is 9.23. The molecular formula is C11H11FN2O2S. The third kappa shape index (κ3) is 2.91. The molecule has 6 heteroatoms. The molecule has 0 unspecified atom stereocenters. The number of nitrogens with zero attached hydrogens (tertiary/aromatic N) is 2. The minimum atomic E-state index is -4.52. The van der Waals surface area contributed by atoms with Gasteiger partial charge in [0.2, 0.25) is 0 Å². The van der Waals surface area contributed by atoms with E-state index in [1.54, 1.807) is 6.92 Å². The quantitative estimate of drug-likeness (QED) is 0.787. The first-order valence-electron chi connectivity index (χ1n) is 4.98. The molecule has 17 heavy (non-hydrogen) atoms. The molecule has 0 amide bonds. The Morgan fingerprint density at radius 3 is 2.53 bits per heavy atom. The van der Waals surface area contributed by atoms with Crippen LogP contribution in [0.5, 0.6) is 0 Å². The highest BCUT2D eigenvalue weighted by molar-refractivity contribution is 7.85. The van der Waals surface area contributed by atoms with Gasteiger partial charge in [-0.15, -0.1) is 3.89 Å². The van der Waals surface area contributed by atoms with Crippen molar-refractivity contribution in [2.24, 2.45) is 0 Å². The third-order valence-corrected chi connectivity index (χ3v) is 3.01. The van der Waals surface area contributed by atoms with E-state index in [0.717, 1.165) is 5.69 Å². The molecule has 4 nitrogen and oxygen atoms in total. The van der Waals surface area contributed by atoms with Crippen LogP contribution in [0.2, 0.25) is 0 Å². The van der Waals surface area contributed by atoms with Gasteiger partial charge in [-0.3, -0.25) is 0 Å². The number of para-hydroxylation sites is 1. The molecule has 0 fully saturated rings. The topological polar surface area (TPSA) is 52.0 Å². The Bertz CT molecular complexity index is 620. The van der Waals surface area contributed by atoms with Gasteiger partial charge in [0.25, 0.3) is 0 Å². The fourth-order valence-electron chi connectivity index (χ4n) is 1.54. The zero-order valence-electron chi connectivity index (χ0n) is 9.17. The highest BCUT2D eigenvalue weighted by Gasteiger charge is 2.14. The molecule has 0 saturated carbocycles. The number of halogens is 1. The number of benzene rings is 1. The maximum absolute atomic E-state index is 12.6. The second-order valence-corrected chi connectivity index (χ2v) is 5.07. The van der Waals surface area contributed by atoms with Crippen LogP contribution < -0.4 is 0 Å². The first-order chi connectivity index (χ1) is 7.96. The monoisotopic (exact) mass is 254 g/mol. The Labute approximate surface area is 98.9 Å². The average Bonchev–Trinajstić information content (AvgIpc) is 2.59. The number of hydrogen-bond donors (Lipinski definition) is 0. The molecule has 1 heterocycles. The summed E-state index contributed by atoms with van der Waals surface area (Å²) in [7, 11) is -4.52. The molecule has 0 bridgehead atoms. The van der Waals surface area contributed by atoms with Crippen molar-refractivity contribution in [1.29, 1.82) is 0 Å². The van der Waals surface area contributed by atoms with Crippen molar-refractivity contribution < 1.29 is 12.3 Å². The van der Waals surface area contributed by atoms with Crippen LogP contribution in [-0.2, 0) is 16.0 Å². The lowest BCUT2D eigenvalue weighted by Crippen LogP contribution is -1.96. The SMILES string of the molecule is Cc1nn(-c2ccccc2)cc1CS(=O)(=O)F. The van der Waals surface area contributed by atoms with Crippen molar-refractivity contribution in [3.63, 3.8) is 0 Å². The predicted octanol–water partition coefficient (Wildman–Crippen LogP) is 1.98.